The largest absolute Gasteiger partial charge is 0.475 e. The van der Waals surface area contributed by atoms with Gasteiger partial charge in [0.2, 0.25) is 5.88 Å². The highest BCUT2D eigenvalue weighted by molar-refractivity contribution is 6.29. The Bertz CT molecular complexity index is 664. The van der Waals surface area contributed by atoms with Crippen LogP contribution in [-0.2, 0) is 17.8 Å². The first-order valence-electron chi connectivity index (χ1n) is 6.96. The third-order valence-electron chi connectivity index (χ3n) is 3.33. The van der Waals surface area contributed by atoms with E-state index in [0.717, 1.165) is 11.1 Å². The highest BCUT2D eigenvalue weighted by atomic mass is 35.5. The summed E-state index contributed by atoms with van der Waals surface area (Å²) in [5.74, 6) is 0.531. The van der Waals surface area contributed by atoms with Crippen molar-refractivity contribution in [3.8, 4) is 5.88 Å². The zero-order chi connectivity index (χ0) is 15.4. The average molecular weight is 319 g/mol. The van der Waals surface area contributed by atoms with Gasteiger partial charge in [-0.25, -0.2) is 9.78 Å². The average Bonchev–Trinajstić information content (AvgIpc) is 2.54. The molecule has 6 heteroatoms. The van der Waals surface area contributed by atoms with Crippen molar-refractivity contribution in [2.24, 2.45) is 0 Å². The molecular weight excluding hydrogens is 304 g/mol. The van der Waals surface area contributed by atoms with E-state index in [0.29, 0.717) is 24.1 Å². The van der Waals surface area contributed by atoms with Gasteiger partial charge in [-0.3, -0.25) is 0 Å². The van der Waals surface area contributed by atoms with E-state index in [1.165, 1.54) is 0 Å². The van der Waals surface area contributed by atoms with Gasteiger partial charge in [0.15, 0.2) is 0 Å². The maximum Gasteiger partial charge on any atom is 0.407 e. The zero-order valence-electron chi connectivity index (χ0n) is 11.8. The molecule has 0 saturated heterocycles. The minimum Gasteiger partial charge on any atom is -0.475 e. The van der Waals surface area contributed by atoms with Gasteiger partial charge < -0.3 is 14.8 Å². The lowest BCUT2D eigenvalue weighted by Crippen LogP contribution is -2.43. The van der Waals surface area contributed by atoms with Crippen molar-refractivity contribution in [3.05, 3.63) is 58.7 Å². The molecule has 2 aromatic rings. The van der Waals surface area contributed by atoms with E-state index in [4.69, 9.17) is 21.1 Å². The summed E-state index contributed by atoms with van der Waals surface area (Å²) in [6.07, 6.45) is 0.183. The standard InChI is InChI=1S/C16H15ClN2O3/c17-14-7-6-12-8-13(10-21-15(12)19-14)18-16(20)22-9-11-4-2-1-3-5-11/h1-7,13H,8-10H2,(H,18,20)/t13-/m1/s1. The maximum absolute atomic E-state index is 11.8. The molecule has 1 aliphatic heterocycles. The second-order valence-electron chi connectivity index (χ2n) is 5.02. The number of carbonyl (C=O) groups is 1. The minimum absolute atomic E-state index is 0.140. The quantitative estimate of drug-likeness (QED) is 0.884. The second-order valence-corrected chi connectivity index (χ2v) is 5.40. The summed E-state index contributed by atoms with van der Waals surface area (Å²) in [6.45, 7) is 0.592. The number of pyridine rings is 1. The number of hydrogen-bond acceptors (Lipinski definition) is 4. The van der Waals surface area contributed by atoms with Gasteiger partial charge in [0, 0.05) is 12.0 Å². The fraction of sp³-hybridized carbons (Fsp3) is 0.250. The van der Waals surface area contributed by atoms with Gasteiger partial charge in [-0.1, -0.05) is 48.0 Å². The molecule has 22 heavy (non-hydrogen) atoms. The third-order valence-corrected chi connectivity index (χ3v) is 3.54. The Hall–Kier alpha value is -2.27. The van der Waals surface area contributed by atoms with Crippen molar-refractivity contribution in [2.45, 2.75) is 19.1 Å². The van der Waals surface area contributed by atoms with Crippen LogP contribution >= 0.6 is 11.6 Å². The SMILES string of the molecule is O=C(N[C@H]1COc2nc(Cl)ccc2C1)OCc1ccccc1. The van der Waals surface area contributed by atoms with E-state index in [9.17, 15) is 4.79 Å². The van der Waals surface area contributed by atoms with Crippen LogP contribution in [0.2, 0.25) is 5.15 Å². The summed E-state index contributed by atoms with van der Waals surface area (Å²) in [5, 5.41) is 3.19. The summed E-state index contributed by atoms with van der Waals surface area (Å²) in [6, 6.07) is 13.0. The first-order valence-corrected chi connectivity index (χ1v) is 7.34. The van der Waals surface area contributed by atoms with Crippen LogP contribution in [0.4, 0.5) is 4.79 Å². The Morgan fingerprint density at radius 3 is 2.95 bits per heavy atom. The van der Waals surface area contributed by atoms with Crippen LogP contribution in [0.5, 0.6) is 5.88 Å². The number of rotatable bonds is 3. The van der Waals surface area contributed by atoms with Gasteiger partial charge in [0.1, 0.15) is 18.4 Å². The van der Waals surface area contributed by atoms with Gasteiger partial charge in [0.25, 0.3) is 0 Å². The molecule has 1 atom stereocenters. The molecule has 0 fully saturated rings. The Balaban J connectivity index is 1.51. The molecule has 1 amide bonds. The summed E-state index contributed by atoms with van der Waals surface area (Å²) in [4.78, 5) is 15.9. The van der Waals surface area contributed by atoms with Gasteiger partial charge in [-0.2, -0.15) is 0 Å². The molecule has 0 aliphatic carbocycles. The van der Waals surface area contributed by atoms with Crippen LogP contribution in [0, 0.1) is 0 Å². The summed E-state index contributed by atoms with van der Waals surface area (Å²) < 4.78 is 10.7. The summed E-state index contributed by atoms with van der Waals surface area (Å²) >= 11 is 5.82. The van der Waals surface area contributed by atoms with Crippen LogP contribution in [0.3, 0.4) is 0 Å². The molecule has 0 unspecified atom stereocenters. The molecule has 1 aromatic heterocycles. The predicted octanol–water partition coefficient (Wildman–Crippen LogP) is 2.96. The van der Waals surface area contributed by atoms with E-state index in [1.54, 1.807) is 6.07 Å². The van der Waals surface area contributed by atoms with Gasteiger partial charge >= 0.3 is 6.09 Å². The van der Waals surface area contributed by atoms with Crippen LogP contribution in [0.15, 0.2) is 42.5 Å². The van der Waals surface area contributed by atoms with Crippen molar-refractivity contribution >= 4 is 17.7 Å². The van der Waals surface area contributed by atoms with Crippen LogP contribution < -0.4 is 10.1 Å². The molecule has 0 radical (unpaired) electrons. The molecule has 0 spiro atoms. The number of nitrogens with one attached hydrogen (secondary N) is 1. The van der Waals surface area contributed by atoms with E-state index >= 15 is 0 Å². The predicted molar refractivity (Wildman–Crippen MR) is 82.0 cm³/mol. The Kier molecular flexibility index (Phi) is 4.44. The molecule has 2 heterocycles. The van der Waals surface area contributed by atoms with Crippen molar-refractivity contribution < 1.29 is 14.3 Å². The summed E-state index contributed by atoms with van der Waals surface area (Å²) in [5.41, 5.74) is 1.87. The zero-order valence-corrected chi connectivity index (χ0v) is 12.5. The highest BCUT2D eigenvalue weighted by Crippen LogP contribution is 2.24. The van der Waals surface area contributed by atoms with Crippen molar-refractivity contribution in [1.82, 2.24) is 10.3 Å². The third kappa shape index (κ3) is 3.68. The highest BCUT2D eigenvalue weighted by Gasteiger charge is 2.23. The minimum atomic E-state index is -0.456. The number of fused-ring (bicyclic) bond motifs is 1. The topological polar surface area (TPSA) is 60.5 Å². The Morgan fingerprint density at radius 2 is 2.14 bits per heavy atom. The van der Waals surface area contributed by atoms with E-state index in [1.807, 2.05) is 36.4 Å². The molecule has 5 nitrogen and oxygen atoms in total. The summed E-state index contributed by atoms with van der Waals surface area (Å²) in [7, 11) is 0. The molecule has 114 valence electrons. The lowest BCUT2D eigenvalue weighted by atomic mass is 10.1. The van der Waals surface area contributed by atoms with Gasteiger partial charge in [0.05, 0.1) is 6.04 Å². The molecule has 1 aliphatic rings. The van der Waals surface area contributed by atoms with Crippen molar-refractivity contribution in [1.29, 1.82) is 0 Å². The van der Waals surface area contributed by atoms with Gasteiger partial charge in [-0.15, -0.1) is 0 Å². The maximum atomic E-state index is 11.8. The first-order chi connectivity index (χ1) is 10.7. The Labute approximate surface area is 133 Å². The number of ether oxygens (including phenoxy) is 2. The lowest BCUT2D eigenvalue weighted by Gasteiger charge is -2.24. The van der Waals surface area contributed by atoms with E-state index in [-0.39, 0.29) is 12.6 Å². The van der Waals surface area contributed by atoms with Crippen LogP contribution in [0.25, 0.3) is 0 Å². The fourth-order valence-corrected chi connectivity index (χ4v) is 2.39. The van der Waals surface area contributed by atoms with Crippen molar-refractivity contribution in [3.63, 3.8) is 0 Å². The molecule has 0 saturated carbocycles. The first kappa shape index (κ1) is 14.7. The molecule has 1 aromatic carbocycles. The molecular formula is C16H15ClN2O3. The number of halogens is 1. The van der Waals surface area contributed by atoms with Crippen LogP contribution in [0.1, 0.15) is 11.1 Å². The number of aromatic nitrogens is 1. The monoisotopic (exact) mass is 318 g/mol. The Morgan fingerprint density at radius 1 is 1.32 bits per heavy atom. The molecule has 0 bridgehead atoms. The van der Waals surface area contributed by atoms with Crippen molar-refractivity contribution in [2.75, 3.05) is 6.61 Å². The number of benzene rings is 1. The fourth-order valence-electron chi connectivity index (χ4n) is 2.26. The number of hydrogen-bond donors (Lipinski definition) is 1. The van der Waals surface area contributed by atoms with Crippen LogP contribution in [-0.4, -0.2) is 23.7 Å². The number of carbonyl (C=O) groups excluding carboxylic acids is 1. The van der Waals surface area contributed by atoms with E-state index in [2.05, 4.69) is 10.3 Å². The second kappa shape index (κ2) is 6.66. The lowest BCUT2D eigenvalue weighted by molar-refractivity contribution is 0.128. The molecule has 1 N–H and O–H groups in total. The molecule has 3 rings (SSSR count). The van der Waals surface area contributed by atoms with E-state index < -0.39 is 6.09 Å². The smallest absolute Gasteiger partial charge is 0.407 e. The number of alkyl carbamates (subject to hydrolysis) is 1. The number of amides is 1. The van der Waals surface area contributed by atoms with Gasteiger partial charge in [-0.05, 0) is 11.6 Å². The normalized spacial score (nSPS) is 16.3. The number of nitrogens with zero attached hydrogens (tertiary/aromatic N) is 1.